The zero-order valence-corrected chi connectivity index (χ0v) is 14.2. The number of amides is 2. The van der Waals surface area contributed by atoms with Crippen molar-refractivity contribution in [2.24, 2.45) is 11.8 Å². The summed E-state index contributed by atoms with van der Waals surface area (Å²) in [5.41, 5.74) is 0. The summed E-state index contributed by atoms with van der Waals surface area (Å²) in [7, 11) is 0. The van der Waals surface area contributed by atoms with Gasteiger partial charge in [0.05, 0.1) is 12.6 Å². The fraction of sp³-hybridized carbons (Fsp3) is 0.812. The number of nitrogens with zero attached hydrogens (tertiary/aromatic N) is 4. The Kier molecular flexibility index (Phi) is 4.79. The molecule has 6 nitrogen and oxygen atoms in total. The number of likely N-dealkylation sites (tertiary alicyclic amines) is 2. The standard InChI is InChI=1S/C16H23ClN4O2/c1-11(22)19-8-12-5-15(6-13(12)9-19)21(17)10-16(23)20-4-2-3-14(20)7-18/h12-15H,2-6,8-10H2,1H3/t12-,13+,14-,15?/m0/s1. The summed E-state index contributed by atoms with van der Waals surface area (Å²) in [6.45, 7) is 4.08. The molecule has 2 aliphatic heterocycles. The van der Waals surface area contributed by atoms with E-state index in [9.17, 15) is 9.59 Å². The zero-order valence-electron chi connectivity index (χ0n) is 13.4. The van der Waals surface area contributed by atoms with Gasteiger partial charge >= 0.3 is 0 Å². The van der Waals surface area contributed by atoms with Gasteiger partial charge in [0.15, 0.2) is 0 Å². The van der Waals surface area contributed by atoms with E-state index in [1.807, 2.05) is 4.90 Å². The van der Waals surface area contributed by atoms with Crippen LogP contribution in [0.2, 0.25) is 0 Å². The molecular formula is C16H23ClN4O2. The maximum absolute atomic E-state index is 12.4. The van der Waals surface area contributed by atoms with Gasteiger partial charge in [-0.1, -0.05) is 0 Å². The van der Waals surface area contributed by atoms with Crippen LogP contribution in [0.1, 0.15) is 32.6 Å². The SMILES string of the molecule is CC(=O)N1C[C@H]2CC(N(Cl)CC(=O)N3CCC[C@H]3C#N)C[C@H]2C1. The molecule has 1 unspecified atom stereocenters. The molecule has 2 saturated heterocycles. The molecule has 7 heteroatoms. The van der Waals surface area contributed by atoms with Crippen molar-refractivity contribution in [3.63, 3.8) is 0 Å². The van der Waals surface area contributed by atoms with Crippen LogP contribution < -0.4 is 0 Å². The Labute approximate surface area is 142 Å². The molecule has 126 valence electrons. The van der Waals surface area contributed by atoms with Crippen molar-refractivity contribution in [3.05, 3.63) is 0 Å². The molecule has 0 aromatic carbocycles. The Hall–Kier alpha value is -1.32. The highest BCUT2D eigenvalue weighted by molar-refractivity contribution is 6.14. The number of hydrogen-bond donors (Lipinski definition) is 0. The van der Waals surface area contributed by atoms with Crippen LogP contribution in [0.4, 0.5) is 0 Å². The van der Waals surface area contributed by atoms with E-state index in [0.29, 0.717) is 18.4 Å². The van der Waals surface area contributed by atoms with Crippen LogP contribution >= 0.6 is 11.8 Å². The number of rotatable bonds is 3. The van der Waals surface area contributed by atoms with Crippen molar-refractivity contribution in [3.8, 4) is 6.07 Å². The fourth-order valence-electron chi connectivity index (χ4n) is 4.30. The van der Waals surface area contributed by atoms with Crippen LogP contribution in [0.25, 0.3) is 0 Å². The molecular weight excluding hydrogens is 316 g/mol. The molecule has 3 rings (SSSR count). The lowest BCUT2D eigenvalue weighted by atomic mass is 10.0. The zero-order chi connectivity index (χ0) is 16.6. The maximum atomic E-state index is 12.4. The molecule has 23 heavy (non-hydrogen) atoms. The third-order valence-electron chi connectivity index (χ3n) is 5.58. The predicted octanol–water partition coefficient (Wildman–Crippen LogP) is 1.21. The van der Waals surface area contributed by atoms with Gasteiger partial charge < -0.3 is 9.80 Å². The van der Waals surface area contributed by atoms with E-state index in [1.54, 1.807) is 16.2 Å². The highest BCUT2D eigenvalue weighted by Crippen LogP contribution is 2.40. The molecule has 2 amide bonds. The van der Waals surface area contributed by atoms with Crippen LogP contribution in [-0.2, 0) is 9.59 Å². The van der Waals surface area contributed by atoms with Gasteiger partial charge in [0.2, 0.25) is 11.8 Å². The minimum atomic E-state index is -0.292. The average molecular weight is 339 g/mol. The molecule has 4 atom stereocenters. The second kappa shape index (κ2) is 6.66. The summed E-state index contributed by atoms with van der Waals surface area (Å²) < 4.78 is 1.63. The highest BCUT2D eigenvalue weighted by Gasteiger charge is 2.43. The molecule has 0 spiro atoms. The van der Waals surface area contributed by atoms with Gasteiger partial charge in [-0.3, -0.25) is 9.59 Å². The summed E-state index contributed by atoms with van der Waals surface area (Å²) in [6, 6.07) is 2.09. The van der Waals surface area contributed by atoms with Crippen molar-refractivity contribution in [1.29, 1.82) is 5.26 Å². The summed E-state index contributed by atoms with van der Waals surface area (Å²) in [5, 5.41) is 9.09. The van der Waals surface area contributed by atoms with Gasteiger partial charge in [-0.15, -0.1) is 0 Å². The minimum absolute atomic E-state index is 0.0496. The van der Waals surface area contributed by atoms with E-state index in [-0.39, 0.29) is 30.4 Å². The van der Waals surface area contributed by atoms with Crippen molar-refractivity contribution < 1.29 is 9.59 Å². The van der Waals surface area contributed by atoms with Crippen molar-refractivity contribution in [2.75, 3.05) is 26.2 Å². The first-order chi connectivity index (χ1) is 11.0. The topological polar surface area (TPSA) is 67.7 Å². The van der Waals surface area contributed by atoms with Crippen molar-refractivity contribution in [1.82, 2.24) is 14.2 Å². The van der Waals surface area contributed by atoms with E-state index in [2.05, 4.69) is 6.07 Å². The van der Waals surface area contributed by atoms with Gasteiger partial charge in [-0.25, -0.2) is 4.42 Å². The summed E-state index contributed by atoms with van der Waals surface area (Å²) in [4.78, 5) is 27.4. The predicted molar refractivity (Wildman–Crippen MR) is 85.2 cm³/mol. The number of carbonyl (C=O) groups is 2. The fourth-order valence-corrected chi connectivity index (χ4v) is 4.56. The molecule has 3 fully saturated rings. The van der Waals surface area contributed by atoms with E-state index in [1.165, 1.54) is 0 Å². The largest absolute Gasteiger partial charge is 0.342 e. The number of hydrogen-bond acceptors (Lipinski definition) is 4. The monoisotopic (exact) mass is 338 g/mol. The van der Waals surface area contributed by atoms with E-state index in [0.717, 1.165) is 38.8 Å². The van der Waals surface area contributed by atoms with Crippen LogP contribution in [0.15, 0.2) is 0 Å². The first kappa shape index (κ1) is 16.5. The molecule has 0 aromatic rings. The molecule has 1 aliphatic carbocycles. The van der Waals surface area contributed by atoms with Gasteiger partial charge in [0, 0.05) is 32.6 Å². The van der Waals surface area contributed by atoms with Crippen LogP contribution in [0.3, 0.4) is 0 Å². The number of halogens is 1. The molecule has 2 heterocycles. The molecule has 3 aliphatic rings. The van der Waals surface area contributed by atoms with Gasteiger partial charge in [0.1, 0.15) is 6.04 Å². The summed E-state index contributed by atoms with van der Waals surface area (Å²) in [5.74, 6) is 1.09. The quantitative estimate of drug-likeness (QED) is 0.725. The van der Waals surface area contributed by atoms with E-state index in [4.69, 9.17) is 17.0 Å². The van der Waals surface area contributed by atoms with E-state index >= 15 is 0 Å². The van der Waals surface area contributed by atoms with Gasteiger partial charge in [-0.05, 0) is 49.3 Å². The normalized spacial score (nSPS) is 33.1. The first-order valence-electron chi connectivity index (χ1n) is 8.36. The Morgan fingerprint density at radius 1 is 1.30 bits per heavy atom. The van der Waals surface area contributed by atoms with Crippen molar-refractivity contribution in [2.45, 2.75) is 44.7 Å². The van der Waals surface area contributed by atoms with Gasteiger partial charge in [-0.2, -0.15) is 5.26 Å². The van der Waals surface area contributed by atoms with Crippen LogP contribution in [0, 0.1) is 23.2 Å². The average Bonchev–Trinajstić information content (AvgIpc) is 3.20. The number of fused-ring (bicyclic) bond motifs is 1. The molecule has 0 N–H and O–H groups in total. The lowest BCUT2D eigenvalue weighted by Gasteiger charge is -2.26. The molecule has 0 aromatic heterocycles. The van der Waals surface area contributed by atoms with Crippen molar-refractivity contribution >= 4 is 23.6 Å². The molecule has 0 radical (unpaired) electrons. The number of carbonyl (C=O) groups excluding carboxylic acids is 2. The third-order valence-corrected chi connectivity index (χ3v) is 5.97. The Morgan fingerprint density at radius 2 is 1.96 bits per heavy atom. The summed E-state index contributed by atoms with van der Waals surface area (Å²) >= 11 is 6.38. The van der Waals surface area contributed by atoms with Gasteiger partial charge in [0.25, 0.3) is 0 Å². The number of nitriles is 1. The third kappa shape index (κ3) is 3.31. The second-order valence-corrected chi connectivity index (χ2v) is 7.44. The smallest absolute Gasteiger partial charge is 0.239 e. The lowest BCUT2D eigenvalue weighted by Crippen LogP contribution is -2.42. The maximum Gasteiger partial charge on any atom is 0.239 e. The summed E-state index contributed by atoms with van der Waals surface area (Å²) in [6.07, 6.45) is 3.53. The highest BCUT2D eigenvalue weighted by atomic mass is 35.5. The lowest BCUT2D eigenvalue weighted by molar-refractivity contribution is -0.131. The van der Waals surface area contributed by atoms with Crippen LogP contribution in [0.5, 0.6) is 0 Å². The van der Waals surface area contributed by atoms with Crippen LogP contribution in [-0.4, -0.2) is 64.3 Å². The first-order valence-corrected chi connectivity index (χ1v) is 8.70. The second-order valence-electron chi connectivity index (χ2n) is 7.00. The minimum Gasteiger partial charge on any atom is -0.342 e. The Morgan fingerprint density at radius 3 is 2.52 bits per heavy atom. The Bertz CT molecular complexity index is 521. The molecule has 1 saturated carbocycles. The Balaban J connectivity index is 1.51. The molecule has 0 bridgehead atoms. The van der Waals surface area contributed by atoms with E-state index < -0.39 is 0 Å².